The quantitative estimate of drug-likeness (QED) is 0.199. The average molecular weight is 671 g/mol. The summed E-state index contributed by atoms with van der Waals surface area (Å²) in [4.78, 5) is 29.0. The van der Waals surface area contributed by atoms with E-state index in [2.05, 4.69) is 5.32 Å². The highest BCUT2D eigenvalue weighted by atomic mass is 35.5. The number of benzene rings is 4. The van der Waals surface area contributed by atoms with E-state index in [1.165, 1.54) is 68.6 Å². The maximum Gasteiger partial charge on any atom is 0.264 e. The largest absolute Gasteiger partial charge is 0.493 e. The van der Waals surface area contributed by atoms with Crippen LogP contribution in [0.25, 0.3) is 0 Å². The van der Waals surface area contributed by atoms with Gasteiger partial charge in [-0.05, 0) is 53.6 Å². The van der Waals surface area contributed by atoms with Gasteiger partial charge in [0.1, 0.15) is 12.6 Å². The van der Waals surface area contributed by atoms with Crippen LogP contribution in [0.1, 0.15) is 11.1 Å². The van der Waals surface area contributed by atoms with Crippen molar-refractivity contribution in [1.82, 2.24) is 10.2 Å². The minimum Gasteiger partial charge on any atom is -0.493 e. The molecule has 0 bridgehead atoms. The first-order valence-corrected chi connectivity index (χ1v) is 16.1. The van der Waals surface area contributed by atoms with Crippen LogP contribution in [0.15, 0.2) is 102 Å². The number of sulfonamides is 1. The second kappa shape index (κ2) is 15.2. The second-order valence-electron chi connectivity index (χ2n) is 9.94. The van der Waals surface area contributed by atoms with Crippen molar-refractivity contribution in [2.24, 2.45) is 0 Å². The monoisotopic (exact) mass is 669 g/mol. The van der Waals surface area contributed by atoms with Crippen molar-refractivity contribution in [3.05, 3.63) is 118 Å². The van der Waals surface area contributed by atoms with Crippen molar-refractivity contribution < 1.29 is 27.5 Å². The lowest BCUT2D eigenvalue weighted by atomic mass is 10.0. The number of amides is 2. The van der Waals surface area contributed by atoms with Crippen molar-refractivity contribution in [3.8, 4) is 11.5 Å². The van der Waals surface area contributed by atoms with Crippen LogP contribution in [-0.2, 0) is 32.6 Å². The summed E-state index contributed by atoms with van der Waals surface area (Å²) in [5, 5.41) is 3.44. The molecule has 1 N–H and O–H groups in total. The van der Waals surface area contributed by atoms with Crippen LogP contribution in [-0.4, -0.2) is 59.0 Å². The molecule has 0 aliphatic heterocycles. The summed E-state index contributed by atoms with van der Waals surface area (Å²) < 4.78 is 40.1. The van der Waals surface area contributed by atoms with Gasteiger partial charge in [0.2, 0.25) is 11.8 Å². The van der Waals surface area contributed by atoms with Gasteiger partial charge in [0.15, 0.2) is 11.5 Å². The van der Waals surface area contributed by atoms with Crippen molar-refractivity contribution in [2.45, 2.75) is 23.9 Å². The molecule has 0 radical (unpaired) electrons. The Morgan fingerprint density at radius 3 is 2.11 bits per heavy atom. The number of anilines is 1. The Kier molecular flexibility index (Phi) is 11.3. The third-order valence-electron chi connectivity index (χ3n) is 7.15. The van der Waals surface area contributed by atoms with Gasteiger partial charge in [-0.1, -0.05) is 71.7 Å². The van der Waals surface area contributed by atoms with Gasteiger partial charge in [0, 0.05) is 36.1 Å². The van der Waals surface area contributed by atoms with E-state index in [1.54, 1.807) is 24.3 Å². The van der Waals surface area contributed by atoms with E-state index in [9.17, 15) is 18.0 Å². The molecule has 45 heavy (non-hydrogen) atoms. The van der Waals surface area contributed by atoms with E-state index < -0.39 is 34.4 Å². The van der Waals surface area contributed by atoms with Crippen LogP contribution >= 0.6 is 23.2 Å². The first-order valence-electron chi connectivity index (χ1n) is 13.9. The van der Waals surface area contributed by atoms with E-state index in [-0.39, 0.29) is 29.3 Å². The zero-order valence-electron chi connectivity index (χ0n) is 24.9. The zero-order valence-corrected chi connectivity index (χ0v) is 27.3. The van der Waals surface area contributed by atoms with Crippen molar-refractivity contribution in [3.63, 3.8) is 0 Å². The number of carbonyl (C=O) groups excluding carboxylic acids is 2. The Balaban J connectivity index is 1.81. The van der Waals surface area contributed by atoms with Gasteiger partial charge >= 0.3 is 0 Å². The summed E-state index contributed by atoms with van der Waals surface area (Å²) in [6.45, 7) is -0.681. The van der Waals surface area contributed by atoms with Crippen LogP contribution in [0.3, 0.4) is 0 Å². The highest BCUT2D eigenvalue weighted by Crippen LogP contribution is 2.33. The summed E-state index contributed by atoms with van der Waals surface area (Å²) in [5.74, 6) is -0.506. The number of nitrogens with one attached hydrogen (secondary N) is 1. The van der Waals surface area contributed by atoms with E-state index in [0.717, 1.165) is 9.87 Å². The molecule has 2 amide bonds. The van der Waals surface area contributed by atoms with Crippen LogP contribution in [0, 0.1) is 0 Å². The van der Waals surface area contributed by atoms with Gasteiger partial charge in [0.05, 0.1) is 24.8 Å². The highest BCUT2D eigenvalue weighted by Gasteiger charge is 2.35. The molecule has 0 fully saturated rings. The van der Waals surface area contributed by atoms with Crippen molar-refractivity contribution in [2.75, 3.05) is 32.1 Å². The van der Waals surface area contributed by atoms with Crippen LogP contribution in [0.4, 0.5) is 5.69 Å². The number of ether oxygens (including phenoxy) is 2. The van der Waals surface area contributed by atoms with Crippen molar-refractivity contribution >= 4 is 50.7 Å². The molecule has 4 aromatic carbocycles. The molecule has 0 saturated carbocycles. The minimum absolute atomic E-state index is 0.0473. The molecule has 1 atom stereocenters. The number of rotatable bonds is 13. The van der Waals surface area contributed by atoms with Crippen LogP contribution < -0.4 is 19.1 Å². The Labute approximate surface area is 273 Å². The van der Waals surface area contributed by atoms with Gasteiger partial charge in [-0.25, -0.2) is 8.42 Å². The molecule has 0 aliphatic carbocycles. The van der Waals surface area contributed by atoms with Gasteiger partial charge in [-0.15, -0.1) is 0 Å². The number of hydrogen-bond donors (Lipinski definition) is 1. The average Bonchev–Trinajstić information content (AvgIpc) is 3.06. The summed E-state index contributed by atoms with van der Waals surface area (Å²) in [5.41, 5.74) is 1.60. The highest BCUT2D eigenvalue weighted by molar-refractivity contribution is 7.92. The Hall–Kier alpha value is -4.25. The minimum atomic E-state index is -4.36. The third kappa shape index (κ3) is 8.08. The van der Waals surface area contributed by atoms with Crippen LogP contribution in [0.5, 0.6) is 11.5 Å². The summed E-state index contributed by atoms with van der Waals surface area (Å²) >= 11 is 12.6. The number of hydrogen-bond acceptors (Lipinski definition) is 6. The second-order valence-corrected chi connectivity index (χ2v) is 12.6. The summed E-state index contributed by atoms with van der Waals surface area (Å²) in [6, 6.07) is 25.5. The third-order valence-corrected chi connectivity index (χ3v) is 9.54. The number of nitrogens with zero attached hydrogens (tertiary/aromatic N) is 2. The molecule has 0 saturated heterocycles. The smallest absolute Gasteiger partial charge is 0.264 e. The lowest BCUT2D eigenvalue weighted by Crippen LogP contribution is -2.53. The molecule has 0 spiro atoms. The summed E-state index contributed by atoms with van der Waals surface area (Å²) in [6.07, 6.45) is 0.181. The Morgan fingerprint density at radius 1 is 0.844 bits per heavy atom. The Morgan fingerprint density at radius 2 is 1.49 bits per heavy atom. The standard InChI is InChI=1S/C33H33Cl2N3O6S/c1-36-33(40)29(19-23-9-5-4-6-10-23)37(21-24-11-7-8-12-28(24)35)32(39)22-38(26-15-13-25(34)14-16-26)45(41,42)27-17-18-30(43-2)31(20-27)44-3/h4-18,20,29H,19,21-22H2,1-3H3,(H,36,40)/t29-/m1/s1. The lowest BCUT2D eigenvalue weighted by molar-refractivity contribution is -0.139. The number of likely N-dealkylation sites (N-methyl/N-ethyl adjacent to an activating group) is 1. The molecular formula is C33H33Cl2N3O6S. The van der Waals surface area contributed by atoms with Gasteiger partial charge in [-0.3, -0.25) is 13.9 Å². The van der Waals surface area contributed by atoms with E-state index >= 15 is 0 Å². The molecule has 9 nitrogen and oxygen atoms in total. The fourth-order valence-electron chi connectivity index (χ4n) is 4.77. The first-order chi connectivity index (χ1) is 21.6. The fraction of sp³-hybridized carbons (Fsp3) is 0.212. The first kappa shape index (κ1) is 33.6. The van der Waals surface area contributed by atoms with E-state index in [1.807, 2.05) is 30.3 Å². The molecule has 4 rings (SSSR count). The maximum absolute atomic E-state index is 14.4. The molecule has 12 heteroatoms. The zero-order chi connectivity index (χ0) is 32.6. The molecule has 0 aliphatic rings. The molecular weight excluding hydrogens is 637 g/mol. The maximum atomic E-state index is 14.4. The molecule has 0 heterocycles. The topological polar surface area (TPSA) is 105 Å². The van der Waals surface area contributed by atoms with Crippen molar-refractivity contribution in [1.29, 1.82) is 0 Å². The van der Waals surface area contributed by atoms with Gasteiger partial charge in [0.25, 0.3) is 10.0 Å². The normalized spacial score (nSPS) is 11.8. The van der Waals surface area contributed by atoms with Gasteiger partial charge < -0.3 is 19.7 Å². The number of halogens is 2. The number of methoxy groups -OCH3 is 2. The molecule has 236 valence electrons. The van der Waals surface area contributed by atoms with Crippen LogP contribution in [0.2, 0.25) is 10.0 Å². The van der Waals surface area contributed by atoms with E-state index in [4.69, 9.17) is 32.7 Å². The fourth-order valence-corrected chi connectivity index (χ4v) is 6.52. The summed E-state index contributed by atoms with van der Waals surface area (Å²) in [7, 11) is -0.0409. The lowest BCUT2D eigenvalue weighted by Gasteiger charge is -2.33. The SMILES string of the molecule is CNC(=O)[C@@H](Cc1ccccc1)N(Cc1ccccc1Cl)C(=O)CN(c1ccc(Cl)cc1)S(=O)(=O)c1ccc(OC)c(OC)c1. The predicted octanol–water partition coefficient (Wildman–Crippen LogP) is 5.59. The number of carbonyl (C=O) groups is 2. The molecule has 4 aromatic rings. The predicted molar refractivity (Wildman–Crippen MR) is 176 cm³/mol. The Bertz CT molecular complexity index is 1740. The van der Waals surface area contributed by atoms with Gasteiger partial charge in [-0.2, -0.15) is 0 Å². The molecule has 0 unspecified atom stereocenters. The molecule has 0 aromatic heterocycles. The van der Waals surface area contributed by atoms with E-state index in [0.29, 0.717) is 21.4 Å².